The van der Waals surface area contributed by atoms with Gasteiger partial charge in [-0.2, -0.15) is 0 Å². The van der Waals surface area contributed by atoms with Crippen molar-refractivity contribution in [3.8, 4) is 23.1 Å². The van der Waals surface area contributed by atoms with Gasteiger partial charge in [-0.15, -0.1) is 11.3 Å². The van der Waals surface area contributed by atoms with E-state index in [4.69, 9.17) is 0 Å². The van der Waals surface area contributed by atoms with Gasteiger partial charge in [0.25, 0.3) is 0 Å². The largest absolute Gasteiger partial charge is 0.255 e. The number of aryl methyl sites for hydroxylation is 1. The van der Waals surface area contributed by atoms with E-state index in [1.165, 1.54) is 3.57 Å². The molecule has 2 nitrogen and oxygen atoms in total. The number of hydrogen-bond donors (Lipinski definition) is 0. The lowest BCUT2D eigenvalue weighted by Gasteiger charge is -2.03. The van der Waals surface area contributed by atoms with Crippen molar-refractivity contribution in [1.29, 1.82) is 0 Å². The molecule has 0 unspecified atom stereocenters. The van der Waals surface area contributed by atoms with Crippen molar-refractivity contribution in [2.75, 3.05) is 0 Å². The minimum atomic E-state index is 0.819. The molecular formula is C17H11IN2S. The van der Waals surface area contributed by atoms with Gasteiger partial charge < -0.3 is 0 Å². The normalized spacial score (nSPS) is 10.0. The second kappa shape index (κ2) is 6.37. The third kappa shape index (κ3) is 3.49. The van der Waals surface area contributed by atoms with Crippen molar-refractivity contribution in [2.45, 2.75) is 6.92 Å². The highest BCUT2D eigenvalue weighted by molar-refractivity contribution is 14.1. The van der Waals surface area contributed by atoms with Gasteiger partial charge in [-0.1, -0.05) is 24.1 Å². The molecule has 0 atom stereocenters. The second-order valence-electron chi connectivity index (χ2n) is 4.41. The zero-order valence-electron chi connectivity index (χ0n) is 11.3. The van der Waals surface area contributed by atoms with Crippen LogP contribution >= 0.6 is 33.9 Å². The van der Waals surface area contributed by atoms with E-state index in [-0.39, 0.29) is 0 Å². The van der Waals surface area contributed by atoms with E-state index >= 15 is 0 Å². The van der Waals surface area contributed by atoms with Crippen LogP contribution in [0, 0.1) is 22.3 Å². The minimum Gasteiger partial charge on any atom is -0.255 e. The van der Waals surface area contributed by atoms with Crippen LogP contribution in [0.25, 0.3) is 11.3 Å². The van der Waals surface area contributed by atoms with E-state index in [1.54, 1.807) is 11.3 Å². The maximum Gasteiger partial charge on any atom is 0.124 e. The highest BCUT2D eigenvalue weighted by atomic mass is 127. The van der Waals surface area contributed by atoms with Gasteiger partial charge in [0.2, 0.25) is 0 Å². The van der Waals surface area contributed by atoms with Crippen LogP contribution in [-0.4, -0.2) is 9.97 Å². The minimum absolute atomic E-state index is 0.819. The number of aromatic nitrogens is 2. The third-order valence-corrected chi connectivity index (χ3v) is 4.58. The van der Waals surface area contributed by atoms with Crippen molar-refractivity contribution in [1.82, 2.24) is 9.97 Å². The summed E-state index contributed by atoms with van der Waals surface area (Å²) < 4.78 is 1.19. The van der Waals surface area contributed by atoms with E-state index in [0.717, 1.165) is 27.5 Å². The molecule has 0 bridgehead atoms. The molecule has 2 aromatic heterocycles. The molecule has 21 heavy (non-hydrogen) atoms. The molecule has 3 rings (SSSR count). The van der Waals surface area contributed by atoms with Crippen LogP contribution in [0.4, 0.5) is 0 Å². The van der Waals surface area contributed by atoms with E-state index in [9.17, 15) is 0 Å². The fraction of sp³-hybridized carbons (Fsp3) is 0.0588. The van der Waals surface area contributed by atoms with Crippen molar-refractivity contribution in [2.24, 2.45) is 0 Å². The number of rotatable bonds is 1. The fourth-order valence-corrected chi connectivity index (χ4v) is 3.06. The lowest BCUT2D eigenvalue weighted by molar-refractivity contribution is 1.27. The average molecular weight is 402 g/mol. The Morgan fingerprint density at radius 1 is 1.10 bits per heavy atom. The topological polar surface area (TPSA) is 25.8 Å². The van der Waals surface area contributed by atoms with Crippen LogP contribution in [0.5, 0.6) is 0 Å². The number of benzene rings is 1. The van der Waals surface area contributed by atoms with Crippen LogP contribution < -0.4 is 0 Å². The third-order valence-electron chi connectivity index (χ3n) is 2.87. The van der Waals surface area contributed by atoms with Gasteiger partial charge in [-0.25, -0.2) is 4.98 Å². The van der Waals surface area contributed by atoms with Gasteiger partial charge in [0.05, 0.1) is 10.7 Å². The summed E-state index contributed by atoms with van der Waals surface area (Å²) in [5.74, 6) is 6.16. The van der Waals surface area contributed by atoms with Crippen LogP contribution in [0.3, 0.4) is 0 Å². The first-order valence-electron chi connectivity index (χ1n) is 6.37. The number of hydrogen-bond acceptors (Lipinski definition) is 3. The SMILES string of the molecule is Cc1nc(C#Cc2ccc(-c3ccccc3I)nc2)cs1. The number of pyridine rings is 1. The molecule has 102 valence electrons. The van der Waals surface area contributed by atoms with Crippen molar-refractivity contribution >= 4 is 33.9 Å². The standard InChI is InChI=1S/C17H11IN2S/c1-12-20-14(11-21-12)8-6-13-7-9-17(19-10-13)15-4-2-3-5-16(15)18/h2-5,7,9-11H,1H3. The van der Waals surface area contributed by atoms with Crippen LogP contribution in [0.1, 0.15) is 16.3 Å². The van der Waals surface area contributed by atoms with Crippen LogP contribution in [-0.2, 0) is 0 Å². The second-order valence-corrected chi connectivity index (χ2v) is 6.64. The molecule has 3 aromatic rings. The van der Waals surface area contributed by atoms with Gasteiger partial charge in [0.1, 0.15) is 5.69 Å². The summed E-state index contributed by atoms with van der Waals surface area (Å²) in [6.45, 7) is 1.98. The first kappa shape index (κ1) is 14.2. The molecular weight excluding hydrogens is 391 g/mol. The Bertz CT molecular complexity index is 826. The lowest BCUT2D eigenvalue weighted by Crippen LogP contribution is -1.87. The zero-order valence-corrected chi connectivity index (χ0v) is 14.3. The van der Waals surface area contributed by atoms with Gasteiger partial charge in [-0.3, -0.25) is 4.98 Å². The molecule has 0 amide bonds. The number of thiazole rings is 1. The van der Waals surface area contributed by atoms with E-state index in [0.29, 0.717) is 0 Å². The van der Waals surface area contributed by atoms with Crippen molar-refractivity contribution in [3.05, 3.63) is 67.8 Å². The molecule has 0 spiro atoms. The number of halogens is 1. The van der Waals surface area contributed by atoms with Crippen LogP contribution in [0.15, 0.2) is 48.0 Å². The maximum atomic E-state index is 4.50. The van der Waals surface area contributed by atoms with Gasteiger partial charge in [-0.05, 0) is 53.6 Å². The molecule has 0 aliphatic carbocycles. The molecule has 1 aromatic carbocycles. The summed E-state index contributed by atoms with van der Waals surface area (Å²) >= 11 is 3.93. The highest BCUT2D eigenvalue weighted by Gasteiger charge is 2.02. The predicted octanol–water partition coefficient (Wildman–Crippen LogP) is 4.52. The van der Waals surface area contributed by atoms with E-state index in [2.05, 4.69) is 56.5 Å². The molecule has 0 saturated heterocycles. The Morgan fingerprint density at radius 2 is 1.95 bits per heavy atom. The van der Waals surface area contributed by atoms with Gasteiger partial charge in [0.15, 0.2) is 0 Å². The molecule has 0 aliphatic heterocycles. The Morgan fingerprint density at radius 3 is 2.62 bits per heavy atom. The molecule has 0 radical (unpaired) electrons. The molecule has 0 saturated carbocycles. The summed E-state index contributed by atoms with van der Waals surface area (Å²) in [7, 11) is 0. The fourth-order valence-electron chi connectivity index (χ4n) is 1.85. The summed E-state index contributed by atoms with van der Waals surface area (Å²) in [6.07, 6.45) is 1.81. The predicted molar refractivity (Wildman–Crippen MR) is 95.2 cm³/mol. The monoisotopic (exact) mass is 402 g/mol. The first-order chi connectivity index (χ1) is 10.2. The quantitative estimate of drug-likeness (QED) is 0.442. The van der Waals surface area contributed by atoms with Crippen molar-refractivity contribution in [3.63, 3.8) is 0 Å². The van der Waals surface area contributed by atoms with Crippen LogP contribution in [0.2, 0.25) is 0 Å². The summed E-state index contributed by atoms with van der Waals surface area (Å²) in [5.41, 5.74) is 3.83. The average Bonchev–Trinajstić information content (AvgIpc) is 2.92. The maximum absolute atomic E-state index is 4.50. The summed E-state index contributed by atoms with van der Waals surface area (Å²) in [6, 6.07) is 12.2. The highest BCUT2D eigenvalue weighted by Crippen LogP contribution is 2.22. The van der Waals surface area contributed by atoms with Crippen molar-refractivity contribution < 1.29 is 0 Å². The summed E-state index contributed by atoms with van der Waals surface area (Å²) in [4.78, 5) is 8.83. The molecule has 0 fully saturated rings. The van der Waals surface area contributed by atoms with E-state index in [1.807, 2.05) is 42.8 Å². The smallest absolute Gasteiger partial charge is 0.124 e. The molecule has 4 heteroatoms. The lowest BCUT2D eigenvalue weighted by atomic mass is 10.1. The van der Waals surface area contributed by atoms with Gasteiger partial charge in [0, 0.05) is 26.3 Å². The van der Waals surface area contributed by atoms with E-state index < -0.39 is 0 Å². The Hall–Kier alpha value is -1.71. The summed E-state index contributed by atoms with van der Waals surface area (Å²) in [5, 5.41) is 3.00. The number of nitrogens with zero attached hydrogens (tertiary/aromatic N) is 2. The molecule has 0 aliphatic rings. The Kier molecular flexibility index (Phi) is 4.32. The first-order valence-corrected chi connectivity index (χ1v) is 8.33. The van der Waals surface area contributed by atoms with Gasteiger partial charge >= 0.3 is 0 Å². The molecule has 2 heterocycles. The molecule has 0 N–H and O–H groups in total. The Balaban J connectivity index is 1.85. The zero-order chi connectivity index (χ0) is 14.7. The Labute approximate surface area is 141 Å².